The average Bonchev–Trinajstić information content (AvgIpc) is 2.79. The van der Waals surface area contributed by atoms with Gasteiger partial charge in [-0.05, 0) is 37.8 Å². The van der Waals surface area contributed by atoms with Crippen molar-refractivity contribution < 1.29 is 8.42 Å². The molecule has 2 aromatic rings. The molecule has 160 valence electrons. The third kappa shape index (κ3) is 4.99. The Balaban J connectivity index is 1.42. The van der Waals surface area contributed by atoms with Crippen molar-refractivity contribution in [1.82, 2.24) is 14.3 Å². The monoisotopic (exact) mass is 427 g/mol. The summed E-state index contributed by atoms with van der Waals surface area (Å²) in [6.45, 7) is 6.13. The molecule has 1 aromatic carbocycles. The highest BCUT2D eigenvalue weighted by Gasteiger charge is 2.26. The molecule has 0 aliphatic carbocycles. The Morgan fingerprint density at radius 1 is 0.867 bits per heavy atom. The van der Waals surface area contributed by atoms with Gasteiger partial charge in [-0.3, -0.25) is 0 Å². The summed E-state index contributed by atoms with van der Waals surface area (Å²) in [6, 6.07) is 11.5. The van der Waals surface area contributed by atoms with E-state index in [9.17, 15) is 8.42 Å². The van der Waals surface area contributed by atoms with Crippen molar-refractivity contribution in [3.63, 3.8) is 0 Å². The summed E-state index contributed by atoms with van der Waals surface area (Å²) < 4.78 is 27.0. The maximum absolute atomic E-state index is 12.7. The van der Waals surface area contributed by atoms with Crippen molar-refractivity contribution in [1.29, 1.82) is 0 Å². The number of piperidine rings is 1. The number of piperazine rings is 1. The van der Waals surface area contributed by atoms with Crippen molar-refractivity contribution in [2.24, 2.45) is 0 Å². The van der Waals surface area contributed by atoms with Crippen molar-refractivity contribution in [2.75, 3.05) is 49.1 Å². The molecule has 2 aliphatic heterocycles. The van der Waals surface area contributed by atoms with Gasteiger partial charge in [0.25, 0.3) is 0 Å². The predicted molar refractivity (Wildman–Crippen MR) is 121 cm³/mol. The number of hydrogen-bond donors (Lipinski definition) is 0. The number of benzene rings is 1. The second-order valence-corrected chi connectivity index (χ2v) is 9.68. The fourth-order valence-electron chi connectivity index (χ4n) is 3.92. The Hall–Kier alpha value is -2.45. The number of rotatable bonds is 5. The molecule has 0 N–H and O–H groups in total. The van der Waals surface area contributed by atoms with Gasteiger partial charge in [0.2, 0.25) is 16.0 Å². The fraction of sp³-hybridized carbons (Fsp3) is 0.455. The summed E-state index contributed by atoms with van der Waals surface area (Å²) in [5.41, 5.74) is 1.82. The number of aryl methyl sites for hydroxylation is 1. The minimum absolute atomic E-state index is 0.448. The highest BCUT2D eigenvalue weighted by molar-refractivity contribution is 7.92. The molecule has 2 fully saturated rings. The molecule has 0 unspecified atom stereocenters. The van der Waals surface area contributed by atoms with E-state index in [0.717, 1.165) is 36.1 Å². The van der Waals surface area contributed by atoms with Crippen molar-refractivity contribution in [2.45, 2.75) is 26.2 Å². The number of hydrogen-bond acceptors (Lipinski definition) is 6. The van der Waals surface area contributed by atoms with Crippen LogP contribution in [0, 0.1) is 6.92 Å². The van der Waals surface area contributed by atoms with Gasteiger partial charge in [-0.1, -0.05) is 30.3 Å². The fourth-order valence-corrected chi connectivity index (χ4v) is 5.09. The molecule has 0 atom stereocenters. The highest BCUT2D eigenvalue weighted by Crippen LogP contribution is 2.22. The van der Waals surface area contributed by atoms with Crippen molar-refractivity contribution in [3.05, 3.63) is 53.1 Å². The summed E-state index contributed by atoms with van der Waals surface area (Å²) in [6.07, 6.45) is 5.28. The smallest absolute Gasteiger partial charge is 0.236 e. The third-order valence-electron chi connectivity index (χ3n) is 5.62. The standard InChI is InChI=1S/C22H29N5O2S/c1-19-18-21(24-22(23-19)26-11-6-3-7-12-26)25-13-15-27(16-14-25)30(28,29)17-10-20-8-4-2-5-9-20/h2,4-5,8-10,17-18H,3,6-7,11-16H2,1H3/b17-10+. The van der Waals surface area contributed by atoms with Gasteiger partial charge < -0.3 is 9.80 Å². The molecule has 1 aromatic heterocycles. The van der Waals surface area contributed by atoms with Crippen LogP contribution in [0.4, 0.5) is 11.8 Å². The van der Waals surface area contributed by atoms with Gasteiger partial charge in [0.15, 0.2) is 0 Å². The molecule has 0 spiro atoms. The predicted octanol–water partition coefficient (Wildman–Crippen LogP) is 2.90. The third-order valence-corrected chi connectivity index (χ3v) is 7.19. The first-order valence-corrected chi connectivity index (χ1v) is 12.1. The van der Waals surface area contributed by atoms with Crippen LogP contribution in [0.25, 0.3) is 6.08 Å². The quantitative estimate of drug-likeness (QED) is 0.731. The molecule has 30 heavy (non-hydrogen) atoms. The van der Waals surface area contributed by atoms with E-state index in [1.54, 1.807) is 10.4 Å². The lowest BCUT2D eigenvalue weighted by molar-refractivity contribution is 0.388. The lowest BCUT2D eigenvalue weighted by Gasteiger charge is -2.35. The first-order valence-electron chi connectivity index (χ1n) is 10.6. The van der Waals surface area contributed by atoms with E-state index < -0.39 is 10.0 Å². The van der Waals surface area contributed by atoms with Crippen molar-refractivity contribution in [3.8, 4) is 0 Å². The van der Waals surface area contributed by atoms with Gasteiger partial charge in [-0.15, -0.1) is 0 Å². The zero-order valence-electron chi connectivity index (χ0n) is 17.4. The van der Waals surface area contributed by atoms with Gasteiger partial charge in [0.05, 0.1) is 0 Å². The summed E-state index contributed by atoms with van der Waals surface area (Å²) in [5.74, 6) is 1.69. The Morgan fingerprint density at radius 3 is 2.27 bits per heavy atom. The van der Waals surface area contributed by atoms with E-state index in [2.05, 4.69) is 14.8 Å². The summed E-state index contributed by atoms with van der Waals surface area (Å²) >= 11 is 0. The number of sulfonamides is 1. The van der Waals surface area contributed by atoms with Gasteiger partial charge in [0, 0.05) is 56.4 Å². The van der Waals surface area contributed by atoms with E-state index in [0.29, 0.717) is 26.2 Å². The number of anilines is 2. The first kappa shape index (κ1) is 20.8. The topological polar surface area (TPSA) is 69.6 Å². The van der Waals surface area contributed by atoms with Crippen LogP contribution in [0.2, 0.25) is 0 Å². The molecular weight excluding hydrogens is 398 g/mol. The SMILES string of the molecule is Cc1cc(N2CCN(S(=O)(=O)/C=C/c3ccccc3)CC2)nc(N2CCCCC2)n1. The number of nitrogens with zero attached hydrogens (tertiary/aromatic N) is 5. The second kappa shape index (κ2) is 9.14. The Labute approximate surface area is 179 Å². The van der Waals surface area contributed by atoms with Crippen LogP contribution in [0.5, 0.6) is 0 Å². The second-order valence-electron chi connectivity index (χ2n) is 7.86. The van der Waals surface area contributed by atoms with Crippen LogP contribution in [-0.2, 0) is 10.0 Å². The van der Waals surface area contributed by atoms with E-state index in [1.165, 1.54) is 24.7 Å². The summed E-state index contributed by atoms with van der Waals surface area (Å²) in [4.78, 5) is 13.9. The van der Waals surface area contributed by atoms with Gasteiger partial charge >= 0.3 is 0 Å². The molecule has 2 saturated heterocycles. The average molecular weight is 428 g/mol. The molecular formula is C22H29N5O2S. The molecule has 0 radical (unpaired) electrons. The van der Waals surface area contributed by atoms with Crippen molar-refractivity contribution >= 4 is 27.9 Å². The van der Waals surface area contributed by atoms with Gasteiger partial charge in [0.1, 0.15) is 5.82 Å². The summed E-state index contributed by atoms with van der Waals surface area (Å²) in [5, 5.41) is 1.31. The largest absolute Gasteiger partial charge is 0.354 e. The molecule has 2 aliphatic rings. The normalized spacial score (nSPS) is 18.8. The van der Waals surface area contributed by atoms with Crippen LogP contribution < -0.4 is 9.80 Å². The van der Waals surface area contributed by atoms with Crippen LogP contribution >= 0.6 is 0 Å². The van der Waals surface area contributed by atoms with Crippen LogP contribution in [0.3, 0.4) is 0 Å². The lowest BCUT2D eigenvalue weighted by Crippen LogP contribution is -2.48. The maximum Gasteiger partial charge on any atom is 0.236 e. The van der Waals surface area contributed by atoms with Crippen LogP contribution in [0.15, 0.2) is 41.8 Å². The molecule has 7 nitrogen and oxygen atoms in total. The van der Waals surface area contributed by atoms with Gasteiger partial charge in [-0.2, -0.15) is 9.29 Å². The molecule has 3 heterocycles. The summed E-state index contributed by atoms with van der Waals surface area (Å²) in [7, 11) is -3.44. The molecule has 0 bridgehead atoms. The lowest BCUT2D eigenvalue weighted by atomic mass is 10.1. The van der Waals surface area contributed by atoms with Gasteiger partial charge in [-0.25, -0.2) is 13.4 Å². The molecule has 4 rings (SSSR count). The Kier molecular flexibility index (Phi) is 6.34. The number of aromatic nitrogens is 2. The van der Waals surface area contributed by atoms with E-state index in [-0.39, 0.29) is 0 Å². The minimum atomic E-state index is -3.44. The van der Waals surface area contributed by atoms with Crippen LogP contribution in [0.1, 0.15) is 30.5 Å². The highest BCUT2D eigenvalue weighted by atomic mass is 32.2. The van der Waals surface area contributed by atoms with E-state index in [4.69, 9.17) is 4.98 Å². The van der Waals surface area contributed by atoms with Crippen LogP contribution in [-0.4, -0.2) is 62.0 Å². The Morgan fingerprint density at radius 2 is 1.57 bits per heavy atom. The zero-order chi connectivity index (χ0) is 21.0. The molecule has 8 heteroatoms. The molecule has 0 saturated carbocycles. The zero-order valence-corrected chi connectivity index (χ0v) is 18.3. The van der Waals surface area contributed by atoms with E-state index >= 15 is 0 Å². The molecule has 0 amide bonds. The van der Waals surface area contributed by atoms with E-state index in [1.807, 2.05) is 43.3 Å². The minimum Gasteiger partial charge on any atom is -0.354 e. The Bertz CT molecular complexity index is 980. The maximum atomic E-state index is 12.7. The first-order chi connectivity index (χ1) is 14.5.